The maximum atomic E-state index is 12.3. The summed E-state index contributed by atoms with van der Waals surface area (Å²) < 4.78 is 0. The van der Waals surface area contributed by atoms with E-state index in [1.54, 1.807) is 0 Å². The Kier molecular flexibility index (Phi) is 10.1. The second-order valence-electron chi connectivity index (χ2n) is 10.7. The van der Waals surface area contributed by atoms with E-state index in [9.17, 15) is 4.79 Å². The summed E-state index contributed by atoms with van der Waals surface area (Å²) in [5, 5.41) is 27.1. The maximum Gasteiger partial charge on any atom is 0.273 e. The highest BCUT2D eigenvalue weighted by Crippen LogP contribution is 2.33. The molecule has 226 valence electrons. The first-order valence-electron chi connectivity index (χ1n) is 14.3. The number of hydrogen-bond donors (Lipinski definition) is 4. The molecule has 0 saturated carbocycles. The fraction of sp³-hybridized carbons (Fsp3) is 0.556. The van der Waals surface area contributed by atoms with E-state index in [0.717, 1.165) is 57.0 Å². The normalized spacial score (nSPS) is 19.6. The molecule has 1 unspecified atom stereocenters. The number of aliphatic hydroxyl groups is 1. The molecule has 42 heavy (non-hydrogen) atoms. The average Bonchev–Trinajstić information content (AvgIpc) is 3.53. The quantitative estimate of drug-likeness (QED) is 0.262. The van der Waals surface area contributed by atoms with Gasteiger partial charge in [0.25, 0.3) is 5.91 Å². The van der Waals surface area contributed by atoms with Crippen molar-refractivity contribution in [3.05, 3.63) is 51.5 Å². The molecular formula is C27H37Cl2N11O2. The number of aliphatic hydroxyl groups excluding tert-OH is 1. The Balaban J connectivity index is 1.23. The lowest BCUT2D eigenvalue weighted by Gasteiger charge is -2.48. The molecule has 0 spiro atoms. The lowest BCUT2D eigenvalue weighted by Crippen LogP contribution is -2.58. The monoisotopic (exact) mass is 617 g/mol. The summed E-state index contributed by atoms with van der Waals surface area (Å²) in [5.74, 6) is 0.693. The largest absolute Gasteiger partial charge is 0.395 e. The SMILES string of the molecule is CC[C@H]1CN(c2nc(N)c(C(=O)NCCO)nc2Cl)CCN1C1CCN(C(Cc2nn[nH]n2)c2ccc(Cl)cc2)CC1. The molecule has 4 heterocycles. The highest BCUT2D eigenvalue weighted by atomic mass is 35.5. The number of hydrogen-bond acceptors (Lipinski definition) is 11. The van der Waals surface area contributed by atoms with Crippen molar-refractivity contribution in [2.45, 2.75) is 50.7 Å². The summed E-state index contributed by atoms with van der Waals surface area (Å²) >= 11 is 12.7. The summed E-state index contributed by atoms with van der Waals surface area (Å²) in [6, 6.07) is 8.95. The Labute approximate surface area is 254 Å². The summed E-state index contributed by atoms with van der Waals surface area (Å²) in [6.07, 6.45) is 3.76. The van der Waals surface area contributed by atoms with Crippen LogP contribution >= 0.6 is 23.2 Å². The number of tetrazole rings is 1. The van der Waals surface area contributed by atoms with Gasteiger partial charge in [0.2, 0.25) is 0 Å². The molecule has 3 aromatic rings. The van der Waals surface area contributed by atoms with E-state index in [1.807, 2.05) is 12.1 Å². The van der Waals surface area contributed by atoms with Crippen LogP contribution in [0.15, 0.2) is 24.3 Å². The van der Waals surface area contributed by atoms with Crippen LogP contribution in [-0.2, 0) is 6.42 Å². The number of nitrogens with two attached hydrogens (primary N) is 1. The molecule has 2 aliphatic heterocycles. The van der Waals surface area contributed by atoms with Gasteiger partial charge in [0.1, 0.15) is 0 Å². The van der Waals surface area contributed by atoms with E-state index in [4.69, 9.17) is 34.0 Å². The number of likely N-dealkylation sites (tertiary alicyclic amines) is 1. The molecule has 2 aromatic heterocycles. The van der Waals surface area contributed by atoms with Crippen LogP contribution in [0.25, 0.3) is 0 Å². The van der Waals surface area contributed by atoms with Gasteiger partial charge in [-0.05, 0) is 37.0 Å². The third kappa shape index (κ3) is 6.92. The first kappa shape index (κ1) is 30.4. The molecule has 15 heteroatoms. The molecule has 2 aliphatic rings. The molecule has 0 bridgehead atoms. The number of piperidine rings is 1. The zero-order valence-electron chi connectivity index (χ0n) is 23.6. The fourth-order valence-electron chi connectivity index (χ4n) is 6.06. The van der Waals surface area contributed by atoms with E-state index >= 15 is 0 Å². The minimum Gasteiger partial charge on any atom is -0.395 e. The summed E-state index contributed by atoms with van der Waals surface area (Å²) in [6.45, 7) is 6.37. The number of nitrogen functional groups attached to an aromatic ring is 1. The van der Waals surface area contributed by atoms with E-state index < -0.39 is 5.91 Å². The lowest BCUT2D eigenvalue weighted by molar-refractivity contribution is 0.0483. The number of halogens is 2. The van der Waals surface area contributed by atoms with Gasteiger partial charge in [0.05, 0.1) is 6.61 Å². The Morgan fingerprint density at radius 3 is 2.60 bits per heavy atom. The molecule has 2 saturated heterocycles. The zero-order chi connectivity index (χ0) is 29.6. The number of aromatic amines is 1. The van der Waals surface area contributed by atoms with Crippen LogP contribution in [0.4, 0.5) is 11.6 Å². The lowest BCUT2D eigenvalue weighted by atomic mass is 9.94. The number of benzene rings is 1. The van der Waals surface area contributed by atoms with Crippen molar-refractivity contribution in [3.63, 3.8) is 0 Å². The van der Waals surface area contributed by atoms with Crippen molar-refractivity contribution in [1.29, 1.82) is 0 Å². The van der Waals surface area contributed by atoms with Crippen LogP contribution in [0.5, 0.6) is 0 Å². The van der Waals surface area contributed by atoms with Crippen LogP contribution in [0.3, 0.4) is 0 Å². The maximum absolute atomic E-state index is 12.3. The third-order valence-corrected chi connectivity index (χ3v) is 8.71. The van der Waals surface area contributed by atoms with Crippen LogP contribution in [-0.4, -0.2) is 109 Å². The molecule has 0 aliphatic carbocycles. The molecule has 13 nitrogen and oxygen atoms in total. The van der Waals surface area contributed by atoms with Gasteiger partial charge in [0, 0.05) is 68.8 Å². The molecule has 1 amide bonds. The molecule has 0 radical (unpaired) electrons. The predicted molar refractivity (Wildman–Crippen MR) is 161 cm³/mol. The van der Waals surface area contributed by atoms with Gasteiger partial charge < -0.3 is 21.1 Å². The van der Waals surface area contributed by atoms with Crippen molar-refractivity contribution in [2.75, 3.05) is 56.5 Å². The number of piperazine rings is 1. The third-order valence-electron chi connectivity index (χ3n) is 8.20. The van der Waals surface area contributed by atoms with Gasteiger partial charge in [-0.15, -0.1) is 10.2 Å². The van der Waals surface area contributed by atoms with Crippen LogP contribution in [0.1, 0.15) is 54.1 Å². The molecule has 1 aromatic carbocycles. The molecule has 5 rings (SSSR count). The standard InChI is InChI=1S/C27H37Cl2N11O2/c1-2-19-16-39(26-24(29)32-23(25(30)33-26)27(42)31-9-14-41)12-13-40(19)20-7-10-38(11-8-20)21(15-22-34-36-37-35-22)17-3-5-18(28)6-4-17/h3-6,19-21,41H,2,7-16H2,1H3,(H2,30,33)(H,31,42)(H,34,35,36,37)/t19-,21?/m0/s1. The van der Waals surface area contributed by atoms with Crippen LogP contribution in [0, 0.1) is 0 Å². The summed E-state index contributed by atoms with van der Waals surface area (Å²) in [4.78, 5) is 28.3. The van der Waals surface area contributed by atoms with Crippen molar-refractivity contribution in [1.82, 2.24) is 45.7 Å². The second kappa shape index (κ2) is 13.9. The Morgan fingerprint density at radius 2 is 1.93 bits per heavy atom. The summed E-state index contributed by atoms with van der Waals surface area (Å²) in [7, 11) is 0. The number of carbonyl (C=O) groups excluding carboxylic acids is 1. The van der Waals surface area contributed by atoms with Crippen LogP contribution in [0.2, 0.25) is 10.2 Å². The van der Waals surface area contributed by atoms with Gasteiger partial charge in [-0.1, -0.05) is 47.5 Å². The molecule has 5 N–H and O–H groups in total. The Hall–Kier alpha value is -3.10. The number of aromatic nitrogens is 6. The zero-order valence-corrected chi connectivity index (χ0v) is 25.1. The highest BCUT2D eigenvalue weighted by molar-refractivity contribution is 6.32. The number of carbonyl (C=O) groups is 1. The van der Waals surface area contributed by atoms with Gasteiger partial charge in [-0.2, -0.15) is 5.21 Å². The number of nitrogens with one attached hydrogen (secondary N) is 2. The fourth-order valence-corrected chi connectivity index (χ4v) is 6.43. The van der Waals surface area contributed by atoms with E-state index in [-0.39, 0.29) is 35.9 Å². The van der Waals surface area contributed by atoms with Crippen molar-refractivity contribution < 1.29 is 9.90 Å². The van der Waals surface area contributed by atoms with E-state index in [1.165, 1.54) is 5.56 Å². The molecule has 2 atom stereocenters. The number of nitrogens with zero attached hydrogens (tertiary/aromatic N) is 8. The van der Waals surface area contributed by atoms with E-state index in [0.29, 0.717) is 30.1 Å². The van der Waals surface area contributed by atoms with Gasteiger partial charge in [0.15, 0.2) is 28.3 Å². The Morgan fingerprint density at radius 1 is 1.17 bits per heavy atom. The van der Waals surface area contributed by atoms with Crippen LogP contribution < -0.4 is 16.0 Å². The topological polar surface area (TPSA) is 165 Å². The number of anilines is 2. The number of amides is 1. The first-order chi connectivity index (χ1) is 20.4. The van der Waals surface area contributed by atoms with Gasteiger partial charge in [-0.3, -0.25) is 14.6 Å². The number of H-pyrrole nitrogens is 1. The number of rotatable bonds is 10. The van der Waals surface area contributed by atoms with Gasteiger partial charge >= 0.3 is 0 Å². The second-order valence-corrected chi connectivity index (χ2v) is 11.5. The first-order valence-corrected chi connectivity index (χ1v) is 15.1. The molecular weight excluding hydrogens is 581 g/mol. The van der Waals surface area contributed by atoms with Crippen molar-refractivity contribution >= 4 is 40.7 Å². The highest BCUT2D eigenvalue weighted by Gasteiger charge is 2.36. The smallest absolute Gasteiger partial charge is 0.273 e. The van der Waals surface area contributed by atoms with E-state index in [2.05, 4.69) is 69.7 Å². The van der Waals surface area contributed by atoms with Crippen molar-refractivity contribution in [3.8, 4) is 0 Å². The predicted octanol–water partition coefficient (Wildman–Crippen LogP) is 1.95. The summed E-state index contributed by atoms with van der Waals surface area (Å²) in [5.41, 5.74) is 7.25. The minimum atomic E-state index is -0.513. The Bertz CT molecular complexity index is 1320. The van der Waals surface area contributed by atoms with Gasteiger partial charge in [-0.25, -0.2) is 9.97 Å². The minimum absolute atomic E-state index is 0.0174. The average molecular weight is 619 g/mol. The van der Waals surface area contributed by atoms with Crippen molar-refractivity contribution in [2.24, 2.45) is 0 Å². The molecule has 2 fully saturated rings.